The summed E-state index contributed by atoms with van der Waals surface area (Å²) >= 11 is 0. The Bertz CT molecular complexity index is 258. The zero-order valence-electron chi connectivity index (χ0n) is 12.1. The van der Waals surface area contributed by atoms with Crippen molar-refractivity contribution in [2.75, 3.05) is 33.7 Å². The number of rotatable bonds is 6. The van der Waals surface area contributed by atoms with Crippen LogP contribution in [0.1, 0.15) is 39.0 Å². The molecule has 0 aliphatic heterocycles. The lowest BCUT2D eigenvalue weighted by molar-refractivity contribution is -0.130. The molecule has 1 N–H and O–H groups in total. The van der Waals surface area contributed by atoms with Crippen molar-refractivity contribution in [1.82, 2.24) is 9.80 Å². The minimum atomic E-state index is -0.143. The Kier molecular flexibility index (Phi) is 6.65. The number of nitrogens with zero attached hydrogens (tertiary/aromatic N) is 2. The minimum Gasteiger partial charge on any atom is -0.393 e. The zero-order chi connectivity index (χ0) is 13.5. The predicted molar refractivity (Wildman–Crippen MR) is 73.4 cm³/mol. The number of hydrogen-bond donors (Lipinski definition) is 1. The third kappa shape index (κ3) is 4.94. The Morgan fingerprint density at radius 3 is 2.56 bits per heavy atom. The maximum atomic E-state index is 11.7. The Morgan fingerprint density at radius 1 is 1.28 bits per heavy atom. The molecule has 18 heavy (non-hydrogen) atoms. The van der Waals surface area contributed by atoms with E-state index in [1.807, 2.05) is 21.0 Å². The molecule has 2 unspecified atom stereocenters. The van der Waals surface area contributed by atoms with Gasteiger partial charge in [-0.05, 0) is 32.7 Å². The second-order valence-electron chi connectivity index (χ2n) is 5.53. The molecule has 1 rings (SSSR count). The first-order valence-corrected chi connectivity index (χ1v) is 7.15. The fourth-order valence-corrected chi connectivity index (χ4v) is 2.55. The van der Waals surface area contributed by atoms with E-state index in [2.05, 4.69) is 4.90 Å². The summed E-state index contributed by atoms with van der Waals surface area (Å²) in [7, 11) is 3.88. The van der Waals surface area contributed by atoms with Crippen LogP contribution >= 0.6 is 0 Å². The van der Waals surface area contributed by atoms with E-state index in [-0.39, 0.29) is 12.0 Å². The van der Waals surface area contributed by atoms with E-state index in [0.717, 1.165) is 38.9 Å². The Morgan fingerprint density at radius 2 is 1.94 bits per heavy atom. The number of amides is 1. The smallest absolute Gasteiger partial charge is 0.223 e. The van der Waals surface area contributed by atoms with Gasteiger partial charge in [-0.2, -0.15) is 0 Å². The lowest BCUT2D eigenvalue weighted by atomic mass is 9.86. The number of aliphatic hydroxyl groups excluding tert-OH is 1. The third-order valence-corrected chi connectivity index (χ3v) is 4.02. The first-order chi connectivity index (χ1) is 8.54. The van der Waals surface area contributed by atoms with Crippen LogP contribution in [0, 0.1) is 5.92 Å². The average molecular weight is 256 g/mol. The van der Waals surface area contributed by atoms with Crippen LogP contribution in [0.4, 0.5) is 0 Å². The second-order valence-corrected chi connectivity index (χ2v) is 5.53. The first kappa shape index (κ1) is 15.4. The predicted octanol–water partition coefficient (Wildman–Crippen LogP) is 1.34. The normalized spacial score (nSPS) is 24.3. The first-order valence-electron chi connectivity index (χ1n) is 7.15. The Labute approximate surface area is 111 Å². The maximum absolute atomic E-state index is 11.7. The molecule has 0 spiro atoms. The van der Waals surface area contributed by atoms with Crippen molar-refractivity contribution in [3.8, 4) is 0 Å². The van der Waals surface area contributed by atoms with Gasteiger partial charge in [0.1, 0.15) is 0 Å². The summed E-state index contributed by atoms with van der Waals surface area (Å²) in [4.78, 5) is 15.6. The highest BCUT2D eigenvalue weighted by Crippen LogP contribution is 2.24. The number of hydrogen-bond acceptors (Lipinski definition) is 3. The van der Waals surface area contributed by atoms with Gasteiger partial charge < -0.3 is 14.9 Å². The highest BCUT2D eigenvalue weighted by Gasteiger charge is 2.24. The van der Waals surface area contributed by atoms with E-state index in [4.69, 9.17) is 0 Å². The molecular formula is C14H28N2O2. The molecular weight excluding hydrogens is 228 g/mol. The average Bonchev–Trinajstić information content (AvgIpc) is 2.37. The van der Waals surface area contributed by atoms with E-state index < -0.39 is 0 Å². The van der Waals surface area contributed by atoms with Gasteiger partial charge in [-0.1, -0.05) is 12.8 Å². The molecule has 2 atom stereocenters. The van der Waals surface area contributed by atoms with Crippen molar-refractivity contribution < 1.29 is 9.90 Å². The number of carbonyl (C=O) groups excluding carboxylic acids is 1. The summed E-state index contributed by atoms with van der Waals surface area (Å²) in [6, 6.07) is 0. The fraction of sp³-hybridized carbons (Fsp3) is 0.929. The highest BCUT2D eigenvalue weighted by atomic mass is 16.3. The van der Waals surface area contributed by atoms with Gasteiger partial charge in [0, 0.05) is 33.1 Å². The lowest BCUT2D eigenvalue weighted by Crippen LogP contribution is -2.37. The van der Waals surface area contributed by atoms with Crippen LogP contribution in [0.2, 0.25) is 0 Å². The fourth-order valence-electron chi connectivity index (χ4n) is 2.55. The van der Waals surface area contributed by atoms with Gasteiger partial charge in [0.2, 0.25) is 5.91 Å². The number of aliphatic hydroxyl groups is 1. The minimum absolute atomic E-state index is 0.143. The Hall–Kier alpha value is -0.610. The quantitative estimate of drug-likeness (QED) is 0.780. The molecule has 1 aliphatic carbocycles. The molecule has 1 aliphatic rings. The molecule has 0 aromatic rings. The molecule has 1 amide bonds. The van der Waals surface area contributed by atoms with Crippen molar-refractivity contribution in [2.24, 2.45) is 5.92 Å². The Balaban J connectivity index is 2.24. The largest absolute Gasteiger partial charge is 0.393 e. The van der Waals surface area contributed by atoms with E-state index in [1.165, 1.54) is 6.42 Å². The molecule has 0 saturated heterocycles. The topological polar surface area (TPSA) is 43.8 Å². The van der Waals surface area contributed by atoms with Gasteiger partial charge in [-0.3, -0.25) is 4.79 Å². The van der Waals surface area contributed by atoms with Crippen molar-refractivity contribution in [2.45, 2.75) is 45.1 Å². The van der Waals surface area contributed by atoms with Crippen molar-refractivity contribution in [3.63, 3.8) is 0 Å². The maximum Gasteiger partial charge on any atom is 0.223 e. The van der Waals surface area contributed by atoms with Crippen LogP contribution in [-0.2, 0) is 4.79 Å². The molecule has 0 bridgehead atoms. The van der Waals surface area contributed by atoms with Crippen LogP contribution in [0.3, 0.4) is 0 Å². The van der Waals surface area contributed by atoms with E-state index in [0.29, 0.717) is 12.3 Å². The summed E-state index contributed by atoms with van der Waals surface area (Å²) in [5.74, 6) is 0.594. The molecule has 1 saturated carbocycles. The van der Waals surface area contributed by atoms with Crippen LogP contribution in [0.25, 0.3) is 0 Å². The van der Waals surface area contributed by atoms with Gasteiger partial charge in [0.25, 0.3) is 0 Å². The summed E-state index contributed by atoms with van der Waals surface area (Å²) < 4.78 is 0. The van der Waals surface area contributed by atoms with E-state index in [1.54, 1.807) is 4.90 Å². The summed E-state index contributed by atoms with van der Waals surface area (Å²) in [5.41, 5.74) is 0. The molecule has 0 aromatic heterocycles. The second kappa shape index (κ2) is 7.74. The summed E-state index contributed by atoms with van der Waals surface area (Å²) in [6.45, 7) is 4.45. The summed E-state index contributed by atoms with van der Waals surface area (Å²) in [6.07, 6.45) is 4.87. The monoisotopic (exact) mass is 256 g/mol. The van der Waals surface area contributed by atoms with Gasteiger partial charge in [-0.15, -0.1) is 0 Å². The van der Waals surface area contributed by atoms with Crippen LogP contribution in [0.5, 0.6) is 0 Å². The molecule has 106 valence electrons. The molecule has 4 nitrogen and oxygen atoms in total. The standard InChI is InChI=1S/C14H28N2O2/c1-4-16(3)14(18)9-10-15(2)11-12-7-5-6-8-13(12)17/h12-13,17H,4-11H2,1-3H3. The van der Waals surface area contributed by atoms with Crippen molar-refractivity contribution in [1.29, 1.82) is 0 Å². The molecule has 0 heterocycles. The van der Waals surface area contributed by atoms with Crippen molar-refractivity contribution >= 4 is 5.91 Å². The van der Waals surface area contributed by atoms with Crippen LogP contribution in [0.15, 0.2) is 0 Å². The molecule has 0 aromatic carbocycles. The number of carbonyl (C=O) groups is 1. The molecule has 4 heteroatoms. The van der Waals surface area contributed by atoms with Crippen molar-refractivity contribution in [3.05, 3.63) is 0 Å². The lowest BCUT2D eigenvalue weighted by Gasteiger charge is -2.31. The molecule has 0 radical (unpaired) electrons. The molecule has 1 fully saturated rings. The van der Waals surface area contributed by atoms with Crippen LogP contribution < -0.4 is 0 Å². The third-order valence-electron chi connectivity index (χ3n) is 4.02. The highest BCUT2D eigenvalue weighted by molar-refractivity contribution is 5.75. The van der Waals surface area contributed by atoms with E-state index >= 15 is 0 Å². The SMILES string of the molecule is CCN(C)C(=O)CCN(C)CC1CCCCC1O. The van der Waals surface area contributed by atoms with Gasteiger partial charge in [0.05, 0.1) is 6.10 Å². The van der Waals surface area contributed by atoms with Gasteiger partial charge in [-0.25, -0.2) is 0 Å². The van der Waals surface area contributed by atoms with Gasteiger partial charge in [0.15, 0.2) is 0 Å². The van der Waals surface area contributed by atoms with E-state index in [9.17, 15) is 9.90 Å². The summed E-state index contributed by atoms with van der Waals surface area (Å²) in [5, 5.41) is 9.92. The van der Waals surface area contributed by atoms with Gasteiger partial charge >= 0.3 is 0 Å². The van der Waals surface area contributed by atoms with Crippen LogP contribution in [-0.4, -0.2) is 60.6 Å². The zero-order valence-corrected chi connectivity index (χ0v) is 12.1.